The fourth-order valence-corrected chi connectivity index (χ4v) is 1.19. The summed E-state index contributed by atoms with van der Waals surface area (Å²) in [6.07, 6.45) is 0.909. The lowest BCUT2D eigenvalue weighted by molar-refractivity contribution is 0.420. The SMILES string of the molecule is N#Cc1ccccc1Oc1nc(N)ncc1F. The predicted molar refractivity (Wildman–Crippen MR) is 57.6 cm³/mol. The predicted octanol–water partition coefficient (Wildman–Crippen LogP) is 1.86. The van der Waals surface area contributed by atoms with Crippen molar-refractivity contribution in [1.29, 1.82) is 5.26 Å². The second-order valence-corrected chi connectivity index (χ2v) is 3.09. The highest BCUT2D eigenvalue weighted by Gasteiger charge is 2.10. The molecule has 0 fully saturated rings. The molecule has 6 heteroatoms. The van der Waals surface area contributed by atoms with Gasteiger partial charge in [0.25, 0.3) is 5.88 Å². The Morgan fingerprint density at radius 3 is 2.88 bits per heavy atom. The first-order chi connectivity index (χ1) is 8.20. The third kappa shape index (κ3) is 2.29. The number of para-hydroxylation sites is 1. The molecular formula is C11H7FN4O. The number of anilines is 1. The van der Waals surface area contributed by atoms with Crippen LogP contribution in [0.15, 0.2) is 30.5 Å². The van der Waals surface area contributed by atoms with Crippen LogP contribution < -0.4 is 10.5 Å². The third-order valence-corrected chi connectivity index (χ3v) is 1.94. The van der Waals surface area contributed by atoms with Gasteiger partial charge in [0.1, 0.15) is 11.8 Å². The molecule has 0 radical (unpaired) electrons. The van der Waals surface area contributed by atoms with Gasteiger partial charge < -0.3 is 10.5 Å². The van der Waals surface area contributed by atoms with E-state index in [9.17, 15) is 4.39 Å². The van der Waals surface area contributed by atoms with Crippen LogP contribution in [0.2, 0.25) is 0 Å². The maximum absolute atomic E-state index is 13.3. The van der Waals surface area contributed by atoms with Crippen LogP contribution in [0.1, 0.15) is 5.56 Å². The van der Waals surface area contributed by atoms with Crippen molar-refractivity contribution >= 4 is 5.95 Å². The molecule has 1 aromatic carbocycles. The Kier molecular flexibility index (Phi) is 2.83. The van der Waals surface area contributed by atoms with Crippen molar-refractivity contribution in [3.05, 3.63) is 41.8 Å². The number of benzene rings is 1. The Morgan fingerprint density at radius 2 is 2.12 bits per heavy atom. The average molecular weight is 230 g/mol. The number of rotatable bonds is 2. The Hall–Kier alpha value is -2.68. The summed E-state index contributed by atoms with van der Waals surface area (Å²) < 4.78 is 18.5. The molecule has 0 spiro atoms. The normalized spacial score (nSPS) is 9.65. The Morgan fingerprint density at radius 1 is 1.35 bits per heavy atom. The van der Waals surface area contributed by atoms with Gasteiger partial charge in [-0.05, 0) is 12.1 Å². The van der Waals surface area contributed by atoms with E-state index in [2.05, 4.69) is 9.97 Å². The van der Waals surface area contributed by atoms with Crippen LogP contribution in [0.5, 0.6) is 11.6 Å². The first kappa shape index (κ1) is 10.8. The molecular weight excluding hydrogens is 223 g/mol. The van der Waals surface area contributed by atoms with E-state index in [0.717, 1.165) is 6.20 Å². The molecule has 1 aromatic heterocycles. The minimum Gasteiger partial charge on any atom is -0.435 e. The van der Waals surface area contributed by atoms with E-state index in [1.165, 1.54) is 6.07 Å². The van der Waals surface area contributed by atoms with E-state index in [0.29, 0.717) is 0 Å². The maximum Gasteiger partial charge on any atom is 0.260 e. The zero-order valence-corrected chi connectivity index (χ0v) is 8.59. The number of aromatic nitrogens is 2. The highest BCUT2D eigenvalue weighted by atomic mass is 19.1. The van der Waals surface area contributed by atoms with E-state index in [-0.39, 0.29) is 23.1 Å². The van der Waals surface area contributed by atoms with E-state index in [1.54, 1.807) is 18.2 Å². The number of hydrogen-bond donors (Lipinski definition) is 1. The zero-order valence-electron chi connectivity index (χ0n) is 8.59. The average Bonchev–Trinajstić information content (AvgIpc) is 2.34. The second-order valence-electron chi connectivity index (χ2n) is 3.09. The summed E-state index contributed by atoms with van der Waals surface area (Å²) in [5.41, 5.74) is 5.60. The second kappa shape index (κ2) is 4.45. The van der Waals surface area contributed by atoms with Crippen molar-refractivity contribution in [2.75, 3.05) is 5.73 Å². The van der Waals surface area contributed by atoms with E-state index < -0.39 is 5.82 Å². The summed E-state index contributed by atoms with van der Waals surface area (Å²) in [5, 5.41) is 8.84. The summed E-state index contributed by atoms with van der Waals surface area (Å²) in [7, 11) is 0. The molecule has 2 rings (SSSR count). The zero-order chi connectivity index (χ0) is 12.3. The Balaban J connectivity index is 2.38. The van der Waals surface area contributed by atoms with Gasteiger partial charge in [-0.2, -0.15) is 14.6 Å². The molecule has 0 atom stereocenters. The molecule has 5 nitrogen and oxygen atoms in total. The lowest BCUT2D eigenvalue weighted by atomic mass is 10.2. The lowest BCUT2D eigenvalue weighted by Crippen LogP contribution is -2.00. The van der Waals surface area contributed by atoms with Crippen molar-refractivity contribution < 1.29 is 9.13 Å². The number of nitrogens with two attached hydrogens (primary N) is 1. The molecule has 1 heterocycles. The fraction of sp³-hybridized carbons (Fsp3) is 0. The van der Waals surface area contributed by atoms with E-state index in [1.807, 2.05) is 6.07 Å². The highest BCUT2D eigenvalue weighted by Crippen LogP contribution is 2.25. The Bertz CT molecular complexity index is 594. The van der Waals surface area contributed by atoms with Crippen LogP contribution in [0.25, 0.3) is 0 Å². The fourth-order valence-electron chi connectivity index (χ4n) is 1.19. The molecule has 0 saturated carbocycles. The van der Waals surface area contributed by atoms with Crippen molar-refractivity contribution in [3.8, 4) is 17.7 Å². The van der Waals surface area contributed by atoms with E-state index >= 15 is 0 Å². The molecule has 0 aliphatic rings. The largest absolute Gasteiger partial charge is 0.435 e. The number of hydrogen-bond acceptors (Lipinski definition) is 5. The van der Waals surface area contributed by atoms with Crippen molar-refractivity contribution in [3.63, 3.8) is 0 Å². The molecule has 84 valence electrons. The number of ether oxygens (including phenoxy) is 1. The van der Waals surface area contributed by atoms with Gasteiger partial charge in [-0.15, -0.1) is 0 Å². The first-order valence-electron chi connectivity index (χ1n) is 4.65. The van der Waals surface area contributed by atoms with Crippen LogP contribution in [0, 0.1) is 17.1 Å². The molecule has 0 amide bonds. The smallest absolute Gasteiger partial charge is 0.260 e. The van der Waals surface area contributed by atoms with Crippen LogP contribution in [0.3, 0.4) is 0 Å². The molecule has 0 unspecified atom stereocenters. The van der Waals surface area contributed by atoms with Crippen LogP contribution in [-0.2, 0) is 0 Å². The molecule has 2 N–H and O–H groups in total. The summed E-state index contributed by atoms with van der Waals surface area (Å²) in [4.78, 5) is 7.07. The van der Waals surface area contributed by atoms with Gasteiger partial charge in [0.05, 0.1) is 11.8 Å². The molecule has 0 aliphatic carbocycles. The highest BCUT2D eigenvalue weighted by molar-refractivity contribution is 5.44. The Labute approximate surface area is 96.3 Å². The minimum absolute atomic E-state index is 0.101. The molecule has 0 bridgehead atoms. The third-order valence-electron chi connectivity index (χ3n) is 1.94. The van der Waals surface area contributed by atoms with E-state index in [4.69, 9.17) is 15.7 Å². The topological polar surface area (TPSA) is 84.8 Å². The van der Waals surface area contributed by atoms with Gasteiger partial charge in [-0.3, -0.25) is 0 Å². The quantitative estimate of drug-likeness (QED) is 0.851. The number of nitrogen functional groups attached to an aromatic ring is 1. The molecule has 0 aliphatic heterocycles. The summed E-state index contributed by atoms with van der Waals surface area (Å²) in [6, 6.07) is 8.36. The van der Waals surface area contributed by atoms with Gasteiger partial charge in [0.15, 0.2) is 0 Å². The number of nitriles is 1. The van der Waals surface area contributed by atoms with Gasteiger partial charge in [-0.1, -0.05) is 12.1 Å². The molecule has 0 saturated heterocycles. The monoisotopic (exact) mass is 230 g/mol. The first-order valence-corrected chi connectivity index (χ1v) is 4.65. The molecule has 2 aromatic rings. The number of halogens is 1. The van der Waals surface area contributed by atoms with Gasteiger partial charge in [-0.25, -0.2) is 4.98 Å². The summed E-state index contributed by atoms with van der Waals surface area (Å²) in [5.74, 6) is -0.935. The van der Waals surface area contributed by atoms with Crippen molar-refractivity contribution in [2.45, 2.75) is 0 Å². The summed E-state index contributed by atoms with van der Waals surface area (Å²) in [6.45, 7) is 0. The lowest BCUT2D eigenvalue weighted by Gasteiger charge is -2.06. The van der Waals surface area contributed by atoms with Gasteiger partial charge >= 0.3 is 0 Å². The number of nitrogens with zero attached hydrogens (tertiary/aromatic N) is 3. The standard InChI is InChI=1S/C11H7FN4O/c12-8-6-15-11(14)16-10(8)17-9-4-2-1-3-7(9)5-13/h1-4,6H,(H2,14,15,16). The van der Waals surface area contributed by atoms with Crippen molar-refractivity contribution in [2.24, 2.45) is 0 Å². The molecule has 17 heavy (non-hydrogen) atoms. The van der Waals surface area contributed by atoms with Crippen LogP contribution in [0.4, 0.5) is 10.3 Å². The van der Waals surface area contributed by atoms with Gasteiger partial charge in [0.2, 0.25) is 11.8 Å². The van der Waals surface area contributed by atoms with Crippen LogP contribution in [-0.4, -0.2) is 9.97 Å². The van der Waals surface area contributed by atoms with Crippen molar-refractivity contribution in [1.82, 2.24) is 9.97 Å². The minimum atomic E-state index is -0.744. The van der Waals surface area contributed by atoms with Gasteiger partial charge in [0, 0.05) is 0 Å². The van der Waals surface area contributed by atoms with Crippen LogP contribution >= 0.6 is 0 Å². The summed E-state index contributed by atoms with van der Waals surface area (Å²) >= 11 is 0. The maximum atomic E-state index is 13.3.